The number of halogens is 1. The number of aromatic nitrogens is 2. The maximum Gasteiger partial charge on any atom is 0.282 e. The molecule has 8 heteroatoms. The molecule has 0 bridgehead atoms. The average molecular weight is 534 g/mol. The first-order valence-corrected chi connectivity index (χ1v) is 12.8. The molecule has 6 aromatic rings. The van der Waals surface area contributed by atoms with Gasteiger partial charge in [-0.25, -0.2) is 9.37 Å². The van der Waals surface area contributed by atoms with Crippen molar-refractivity contribution in [2.45, 2.75) is 13.5 Å². The summed E-state index contributed by atoms with van der Waals surface area (Å²) in [5.74, 6) is 1.32. The highest BCUT2D eigenvalue weighted by atomic mass is 19.1. The fraction of sp³-hybridized carbons (Fsp3) is 0.0938. The van der Waals surface area contributed by atoms with Gasteiger partial charge < -0.3 is 13.9 Å². The van der Waals surface area contributed by atoms with Crippen molar-refractivity contribution < 1.29 is 18.3 Å². The van der Waals surface area contributed by atoms with Crippen molar-refractivity contribution >= 4 is 28.1 Å². The lowest BCUT2D eigenvalue weighted by atomic mass is 10.2. The summed E-state index contributed by atoms with van der Waals surface area (Å²) in [6.07, 6.45) is 1.55. The quantitative estimate of drug-likeness (QED) is 0.201. The van der Waals surface area contributed by atoms with E-state index in [0.29, 0.717) is 51.5 Å². The minimum absolute atomic E-state index is 0.0548. The van der Waals surface area contributed by atoms with E-state index in [4.69, 9.17) is 18.9 Å². The second-order valence-corrected chi connectivity index (χ2v) is 8.98. The monoisotopic (exact) mass is 533 g/mol. The number of benzene rings is 4. The van der Waals surface area contributed by atoms with Gasteiger partial charge in [-0.05, 0) is 61.0 Å². The molecule has 7 nitrogen and oxygen atoms in total. The molecule has 0 unspecified atom stereocenters. The van der Waals surface area contributed by atoms with Crippen LogP contribution in [0.1, 0.15) is 18.1 Å². The van der Waals surface area contributed by atoms with Crippen molar-refractivity contribution in [2.75, 3.05) is 6.61 Å². The number of hydrogen-bond acceptors (Lipinski definition) is 6. The molecule has 0 N–H and O–H groups in total. The van der Waals surface area contributed by atoms with Crippen molar-refractivity contribution in [3.63, 3.8) is 0 Å². The van der Waals surface area contributed by atoms with Crippen molar-refractivity contribution in [1.29, 1.82) is 0 Å². The summed E-state index contributed by atoms with van der Waals surface area (Å²) >= 11 is 0. The lowest BCUT2D eigenvalue weighted by Crippen LogP contribution is -2.20. The predicted molar refractivity (Wildman–Crippen MR) is 153 cm³/mol. The third kappa shape index (κ3) is 4.94. The van der Waals surface area contributed by atoms with E-state index in [9.17, 15) is 9.18 Å². The molecular formula is C32H24FN3O4. The molecule has 0 fully saturated rings. The first-order chi connectivity index (χ1) is 19.6. The molecule has 4 aromatic carbocycles. The van der Waals surface area contributed by atoms with Gasteiger partial charge in [-0.15, -0.1) is 0 Å². The Labute approximate surface area is 228 Å². The van der Waals surface area contributed by atoms with Crippen LogP contribution in [0, 0.1) is 5.82 Å². The molecule has 198 valence electrons. The van der Waals surface area contributed by atoms with Crippen LogP contribution in [0.2, 0.25) is 0 Å². The Morgan fingerprint density at radius 3 is 2.58 bits per heavy atom. The maximum atomic E-state index is 14.0. The van der Waals surface area contributed by atoms with E-state index in [-0.39, 0.29) is 23.8 Å². The van der Waals surface area contributed by atoms with Crippen LogP contribution in [0.25, 0.3) is 33.5 Å². The normalized spacial score (nSPS) is 11.4. The van der Waals surface area contributed by atoms with Gasteiger partial charge in [0.2, 0.25) is 5.82 Å². The Morgan fingerprint density at radius 2 is 1.73 bits per heavy atom. The van der Waals surface area contributed by atoms with Crippen molar-refractivity contribution in [3.8, 4) is 23.1 Å². The van der Waals surface area contributed by atoms with Gasteiger partial charge in [0.25, 0.3) is 5.56 Å². The van der Waals surface area contributed by atoms with Gasteiger partial charge >= 0.3 is 0 Å². The van der Waals surface area contributed by atoms with Crippen LogP contribution >= 0.6 is 0 Å². The molecule has 0 aliphatic rings. The lowest BCUT2D eigenvalue weighted by molar-refractivity contribution is 0.266. The Morgan fingerprint density at radius 1 is 0.925 bits per heavy atom. The molecule has 0 atom stereocenters. The zero-order valence-corrected chi connectivity index (χ0v) is 21.6. The van der Waals surface area contributed by atoms with Crippen molar-refractivity contribution in [1.82, 2.24) is 9.66 Å². The highest BCUT2D eigenvalue weighted by molar-refractivity contribution is 5.85. The Hall–Kier alpha value is -5.24. The van der Waals surface area contributed by atoms with Crippen LogP contribution in [-0.4, -0.2) is 22.5 Å². The van der Waals surface area contributed by atoms with Gasteiger partial charge in [-0.3, -0.25) is 4.79 Å². The standard InChI is InChI=1S/C32H24FN3O4/c1-2-38-29-17-21(15-16-28(29)39-20-23-10-3-6-12-25(23)33)19-34-36-31(30-18-22-9-4-8-14-27(22)40-30)35-26-13-7-5-11-24(26)32(36)37/h3-19H,2,20H2,1H3. The van der Waals surface area contributed by atoms with Crippen LogP contribution in [0.5, 0.6) is 11.5 Å². The largest absolute Gasteiger partial charge is 0.490 e. The third-order valence-corrected chi connectivity index (χ3v) is 6.33. The van der Waals surface area contributed by atoms with Gasteiger partial charge in [0.15, 0.2) is 17.3 Å². The molecule has 0 aliphatic carbocycles. The number of furan rings is 1. The van der Waals surface area contributed by atoms with Crippen LogP contribution < -0.4 is 15.0 Å². The van der Waals surface area contributed by atoms with Gasteiger partial charge in [-0.1, -0.05) is 48.5 Å². The number of ether oxygens (including phenoxy) is 2. The Bertz CT molecular complexity index is 1890. The molecule has 40 heavy (non-hydrogen) atoms. The molecule has 0 radical (unpaired) electrons. The number of fused-ring (bicyclic) bond motifs is 2. The fourth-order valence-corrected chi connectivity index (χ4v) is 4.37. The summed E-state index contributed by atoms with van der Waals surface area (Å²) in [5, 5.41) is 5.85. The summed E-state index contributed by atoms with van der Waals surface area (Å²) in [4.78, 5) is 18.2. The molecule has 2 aromatic heterocycles. The first kappa shape index (κ1) is 25.1. The average Bonchev–Trinajstić information content (AvgIpc) is 3.41. The number of para-hydroxylation sites is 2. The van der Waals surface area contributed by atoms with E-state index >= 15 is 0 Å². The fourth-order valence-electron chi connectivity index (χ4n) is 4.37. The van der Waals surface area contributed by atoms with E-state index < -0.39 is 0 Å². The summed E-state index contributed by atoms with van der Waals surface area (Å²) in [5.41, 5.74) is 2.01. The van der Waals surface area contributed by atoms with Gasteiger partial charge in [0.05, 0.1) is 23.7 Å². The summed E-state index contributed by atoms with van der Waals surface area (Å²) in [7, 11) is 0. The molecule has 2 heterocycles. The topological polar surface area (TPSA) is 78.9 Å². The highest BCUT2D eigenvalue weighted by Gasteiger charge is 2.16. The smallest absolute Gasteiger partial charge is 0.282 e. The summed E-state index contributed by atoms with van der Waals surface area (Å²) in [6.45, 7) is 2.32. The van der Waals surface area contributed by atoms with E-state index in [1.54, 1.807) is 60.8 Å². The van der Waals surface area contributed by atoms with Crippen molar-refractivity contribution in [2.24, 2.45) is 5.10 Å². The lowest BCUT2D eigenvalue weighted by Gasteiger charge is -2.13. The van der Waals surface area contributed by atoms with E-state index in [2.05, 4.69) is 5.10 Å². The molecule has 0 saturated heterocycles. The van der Waals surface area contributed by atoms with Gasteiger partial charge in [0.1, 0.15) is 18.0 Å². The molecule has 0 spiro atoms. The molecular weight excluding hydrogens is 509 g/mol. The minimum Gasteiger partial charge on any atom is -0.490 e. The van der Waals surface area contributed by atoms with Gasteiger partial charge in [0, 0.05) is 10.9 Å². The van der Waals surface area contributed by atoms with Gasteiger partial charge in [-0.2, -0.15) is 9.78 Å². The summed E-state index contributed by atoms with van der Waals surface area (Å²) in [6, 6.07) is 28.3. The van der Waals surface area contributed by atoms with E-state index in [1.807, 2.05) is 43.3 Å². The molecule has 6 rings (SSSR count). The third-order valence-electron chi connectivity index (χ3n) is 6.33. The maximum absolute atomic E-state index is 14.0. The molecule has 0 amide bonds. The number of nitrogens with zero attached hydrogens (tertiary/aromatic N) is 3. The van der Waals surface area contributed by atoms with Crippen LogP contribution in [0.3, 0.4) is 0 Å². The SMILES string of the molecule is CCOc1cc(C=Nn2c(-c3cc4ccccc4o3)nc3ccccc3c2=O)ccc1OCc1ccccc1F. The number of hydrogen-bond donors (Lipinski definition) is 0. The zero-order chi connectivity index (χ0) is 27.5. The highest BCUT2D eigenvalue weighted by Crippen LogP contribution is 2.30. The summed E-state index contributed by atoms with van der Waals surface area (Å²) < 4.78 is 33.0. The molecule has 0 aliphatic heterocycles. The van der Waals surface area contributed by atoms with E-state index in [0.717, 1.165) is 5.39 Å². The second kappa shape index (κ2) is 10.9. The number of rotatable bonds is 8. The van der Waals surface area contributed by atoms with Crippen LogP contribution in [0.15, 0.2) is 111 Å². The Kier molecular flexibility index (Phi) is 6.80. The Balaban J connectivity index is 1.38. The molecule has 0 saturated carbocycles. The van der Waals surface area contributed by atoms with Crippen LogP contribution in [-0.2, 0) is 6.61 Å². The zero-order valence-electron chi connectivity index (χ0n) is 21.6. The predicted octanol–water partition coefficient (Wildman–Crippen LogP) is 6.81. The van der Waals surface area contributed by atoms with Crippen LogP contribution in [0.4, 0.5) is 4.39 Å². The second-order valence-electron chi connectivity index (χ2n) is 8.98. The van der Waals surface area contributed by atoms with E-state index in [1.165, 1.54) is 10.7 Å². The first-order valence-electron chi connectivity index (χ1n) is 12.8. The van der Waals surface area contributed by atoms with Crippen molar-refractivity contribution in [3.05, 3.63) is 124 Å². The minimum atomic E-state index is -0.334.